The van der Waals surface area contributed by atoms with Crippen LogP contribution in [-0.4, -0.2) is 45.9 Å². The van der Waals surface area contributed by atoms with Crippen molar-refractivity contribution in [2.75, 3.05) is 24.5 Å². The molecule has 33 heavy (non-hydrogen) atoms. The summed E-state index contributed by atoms with van der Waals surface area (Å²) in [6, 6.07) is 17.4. The van der Waals surface area contributed by atoms with Gasteiger partial charge in [0.2, 0.25) is 11.8 Å². The van der Waals surface area contributed by atoms with E-state index in [9.17, 15) is 9.59 Å². The highest BCUT2D eigenvalue weighted by Crippen LogP contribution is 2.29. The summed E-state index contributed by atoms with van der Waals surface area (Å²) in [7, 11) is 0. The monoisotopic (exact) mass is 462 g/mol. The molecular weight excluding hydrogens is 436 g/mol. The largest absolute Gasteiger partial charge is 0.342 e. The molecule has 2 fully saturated rings. The van der Waals surface area contributed by atoms with Crippen molar-refractivity contribution in [2.24, 2.45) is 11.8 Å². The third-order valence-electron chi connectivity index (χ3n) is 6.74. The molecule has 0 aliphatic carbocycles. The van der Waals surface area contributed by atoms with Gasteiger partial charge in [0, 0.05) is 61.3 Å². The summed E-state index contributed by atoms with van der Waals surface area (Å²) in [6.45, 7) is 2.82. The molecule has 2 aliphatic heterocycles. The smallest absolute Gasteiger partial charge is 0.228 e. The Morgan fingerprint density at radius 1 is 1.03 bits per heavy atom. The van der Waals surface area contributed by atoms with E-state index in [0.717, 1.165) is 49.6 Å². The number of imidazole rings is 1. The minimum atomic E-state index is -0.275. The number of carbonyl (C=O) groups is 2. The van der Waals surface area contributed by atoms with Crippen molar-refractivity contribution in [1.82, 2.24) is 14.5 Å². The number of hydrogen-bond acceptors (Lipinski definition) is 3. The van der Waals surface area contributed by atoms with Gasteiger partial charge < -0.3 is 14.4 Å². The Morgan fingerprint density at radius 2 is 1.76 bits per heavy atom. The average Bonchev–Trinajstić information content (AvgIpc) is 3.47. The van der Waals surface area contributed by atoms with E-state index in [1.807, 2.05) is 47.6 Å². The van der Waals surface area contributed by atoms with Crippen LogP contribution in [0.15, 0.2) is 67.0 Å². The fraction of sp³-hybridized carbons (Fsp3) is 0.346. The number of anilines is 1. The topological polar surface area (TPSA) is 58.4 Å². The molecule has 2 aliphatic rings. The normalized spacial score (nSPS) is 19.3. The molecule has 0 saturated carbocycles. The molecule has 6 nitrogen and oxygen atoms in total. The first kappa shape index (κ1) is 21.7. The van der Waals surface area contributed by atoms with Crippen LogP contribution in [0.1, 0.15) is 19.3 Å². The predicted molar refractivity (Wildman–Crippen MR) is 129 cm³/mol. The molecule has 7 heteroatoms. The van der Waals surface area contributed by atoms with Crippen LogP contribution in [0.5, 0.6) is 0 Å². The third kappa shape index (κ3) is 4.67. The number of nitrogens with zero attached hydrogens (tertiary/aromatic N) is 4. The number of aromatic nitrogens is 2. The van der Waals surface area contributed by atoms with E-state index in [1.54, 1.807) is 17.0 Å². The van der Waals surface area contributed by atoms with Crippen molar-refractivity contribution in [2.45, 2.75) is 25.8 Å². The molecule has 3 heterocycles. The third-order valence-corrected chi connectivity index (χ3v) is 6.99. The van der Waals surface area contributed by atoms with Crippen molar-refractivity contribution in [1.29, 1.82) is 0 Å². The molecular formula is C26H27ClN4O2. The first-order valence-corrected chi connectivity index (χ1v) is 11.9. The summed E-state index contributed by atoms with van der Waals surface area (Å²) >= 11 is 5.96. The Morgan fingerprint density at radius 3 is 2.48 bits per heavy atom. The number of likely N-dealkylation sites (tertiary alicyclic amines) is 1. The van der Waals surface area contributed by atoms with Crippen LogP contribution in [0.4, 0.5) is 5.69 Å². The molecule has 170 valence electrons. The highest BCUT2D eigenvalue weighted by molar-refractivity contribution is 6.30. The van der Waals surface area contributed by atoms with Gasteiger partial charge in [-0.2, -0.15) is 0 Å². The van der Waals surface area contributed by atoms with E-state index in [2.05, 4.69) is 21.7 Å². The number of amides is 2. The standard InChI is InChI=1S/C26H27ClN4O2/c27-22-6-8-23(9-7-22)31-18-21(16-24(31)32)26(33)29-13-10-19(11-14-29)17-30-15-12-28-25(30)20-4-2-1-3-5-20/h1-9,12,15,19,21H,10-11,13-14,16-18H2. The van der Waals surface area contributed by atoms with Crippen LogP contribution < -0.4 is 4.90 Å². The lowest BCUT2D eigenvalue weighted by Gasteiger charge is -2.33. The SMILES string of the molecule is O=C(C1CC(=O)N(c2ccc(Cl)cc2)C1)N1CCC(Cn2ccnc2-c2ccccc2)CC1. The van der Waals surface area contributed by atoms with Gasteiger partial charge in [-0.15, -0.1) is 0 Å². The molecule has 1 unspecified atom stereocenters. The molecule has 1 aromatic heterocycles. The molecule has 2 saturated heterocycles. The molecule has 1 atom stereocenters. The maximum absolute atomic E-state index is 13.2. The second-order valence-corrected chi connectivity index (χ2v) is 9.36. The van der Waals surface area contributed by atoms with Gasteiger partial charge in [-0.25, -0.2) is 4.98 Å². The van der Waals surface area contributed by atoms with Crippen molar-refractivity contribution >= 4 is 29.1 Å². The predicted octanol–water partition coefficient (Wildman–Crippen LogP) is 4.50. The van der Waals surface area contributed by atoms with Crippen molar-refractivity contribution in [3.63, 3.8) is 0 Å². The summed E-state index contributed by atoms with van der Waals surface area (Å²) in [6.07, 6.45) is 6.08. The quantitative estimate of drug-likeness (QED) is 0.561. The van der Waals surface area contributed by atoms with Gasteiger partial charge in [0.1, 0.15) is 5.82 Å². The molecule has 5 rings (SSSR count). The van der Waals surface area contributed by atoms with Crippen molar-refractivity contribution in [3.05, 3.63) is 72.0 Å². The Balaban J connectivity index is 1.17. The van der Waals surface area contributed by atoms with Gasteiger partial charge in [0.25, 0.3) is 0 Å². The van der Waals surface area contributed by atoms with Gasteiger partial charge in [-0.05, 0) is 43.0 Å². The maximum Gasteiger partial charge on any atom is 0.228 e. The molecule has 0 N–H and O–H groups in total. The molecule has 2 aromatic carbocycles. The first-order valence-electron chi connectivity index (χ1n) is 11.5. The number of benzene rings is 2. The highest BCUT2D eigenvalue weighted by Gasteiger charge is 2.38. The minimum Gasteiger partial charge on any atom is -0.342 e. The number of halogens is 1. The van der Waals surface area contributed by atoms with Gasteiger partial charge in [0.05, 0.1) is 5.92 Å². The van der Waals surface area contributed by atoms with E-state index >= 15 is 0 Å². The average molecular weight is 463 g/mol. The summed E-state index contributed by atoms with van der Waals surface area (Å²) in [5, 5.41) is 0.632. The van der Waals surface area contributed by atoms with Gasteiger partial charge in [0.15, 0.2) is 0 Å². The van der Waals surface area contributed by atoms with Gasteiger partial charge >= 0.3 is 0 Å². The van der Waals surface area contributed by atoms with Crippen LogP contribution in [0.2, 0.25) is 5.02 Å². The lowest BCUT2D eigenvalue weighted by Crippen LogP contribution is -2.43. The molecule has 2 amide bonds. The molecule has 0 radical (unpaired) electrons. The minimum absolute atomic E-state index is 0.000826. The van der Waals surface area contributed by atoms with Crippen LogP contribution >= 0.6 is 11.6 Å². The van der Waals surface area contributed by atoms with Crippen LogP contribution in [0, 0.1) is 11.8 Å². The van der Waals surface area contributed by atoms with Crippen LogP contribution in [-0.2, 0) is 16.1 Å². The molecule has 0 spiro atoms. The Bertz CT molecular complexity index is 1120. The van der Waals surface area contributed by atoms with E-state index in [-0.39, 0.29) is 24.2 Å². The van der Waals surface area contributed by atoms with E-state index < -0.39 is 0 Å². The van der Waals surface area contributed by atoms with Crippen molar-refractivity contribution < 1.29 is 9.59 Å². The van der Waals surface area contributed by atoms with Crippen LogP contribution in [0.25, 0.3) is 11.4 Å². The van der Waals surface area contributed by atoms with E-state index in [1.165, 1.54) is 0 Å². The second-order valence-electron chi connectivity index (χ2n) is 8.92. The van der Waals surface area contributed by atoms with E-state index in [4.69, 9.17) is 11.6 Å². The summed E-state index contributed by atoms with van der Waals surface area (Å²) in [5.74, 6) is 1.32. The fourth-order valence-corrected chi connectivity index (χ4v) is 5.05. The Kier molecular flexibility index (Phi) is 6.18. The zero-order valence-electron chi connectivity index (χ0n) is 18.4. The zero-order chi connectivity index (χ0) is 22.8. The first-order chi connectivity index (χ1) is 16.1. The number of rotatable bonds is 5. The van der Waals surface area contributed by atoms with Crippen molar-refractivity contribution in [3.8, 4) is 11.4 Å². The second kappa shape index (κ2) is 9.40. The fourth-order valence-electron chi connectivity index (χ4n) is 4.92. The molecule has 0 bridgehead atoms. The summed E-state index contributed by atoms with van der Waals surface area (Å²) in [4.78, 5) is 33.9. The molecule has 3 aromatic rings. The number of carbonyl (C=O) groups excluding carboxylic acids is 2. The van der Waals surface area contributed by atoms with Gasteiger partial charge in [-0.1, -0.05) is 41.9 Å². The van der Waals surface area contributed by atoms with Crippen LogP contribution in [0.3, 0.4) is 0 Å². The Labute approximate surface area is 198 Å². The lowest BCUT2D eigenvalue weighted by atomic mass is 9.95. The summed E-state index contributed by atoms with van der Waals surface area (Å²) in [5.41, 5.74) is 1.92. The van der Waals surface area contributed by atoms with E-state index in [0.29, 0.717) is 17.5 Å². The number of piperidine rings is 1. The highest BCUT2D eigenvalue weighted by atomic mass is 35.5. The number of hydrogen-bond donors (Lipinski definition) is 0. The summed E-state index contributed by atoms with van der Waals surface area (Å²) < 4.78 is 2.22. The van der Waals surface area contributed by atoms with Gasteiger partial charge in [-0.3, -0.25) is 9.59 Å². The lowest BCUT2D eigenvalue weighted by molar-refractivity contribution is -0.137. The Hall–Kier alpha value is -3.12. The zero-order valence-corrected chi connectivity index (χ0v) is 19.2. The maximum atomic E-state index is 13.2.